The summed E-state index contributed by atoms with van der Waals surface area (Å²) in [5.74, 6) is 0.385. The predicted octanol–water partition coefficient (Wildman–Crippen LogP) is 4.71. The fourth-order valence-corrected chi connectivity index (χ4v) is 2.84. The van der Waals surface area contributed by atoms with E-state index in [9.17, 15) is 9.59 Å². The van der Waals surface area contributed by atoms with Crippen LogP contribution in [0.5, 0.6) is 5.75 Å². The van der Waals surface area contributed by atoms with Crippen molar-refractivity contribution in [3.8, 4) is 5.75 Å². The van der Waals surface area contributed by atoms with Crippen LogP contribution in [0, 0.1) is 0 Å². The van der Waals surface area contributed by atoms with Crippen molar-refractivity contribution in [3.05, 3.63) is 59.7 Å². The second-order valence-electron chi connectivity index (χ2n) is 6.87. The summed E-state index contributed by atoms with van der Waals surface area (Å²) in [4.78, 5) is 24.6. The third kappa shape index (κ3) is 6.12. The summed E-state index contributed by atoms with van der Waals surface area (Å²) in [5, 5.41) is 2.89. The van der Waals surface area contributed by atoms with Gasteiger partial charge >= 0.3 is 5.97 Å². The van der Waals surface area contributed by atoms with Crippen LogP contribution in [0.3, 0.4) is 0 Å². The van der Waals surface area contributed by atoms with Crippen LogP contribution in [-0.4, -0.2) is 25.1 Å². The van der Waals surface area contributed by atoms with E-state index in [0.29, 0.717) is 12.3 Å². The molecule has 0 unspecified atom stereocenters. The minimum absolute atomic E-state index is 0.216. The Morgan fingerprint density at radius 2 is 1.71 bits per heavy atom. The lowest BCUT2D eigenvalue weighted by Gasteiger charge is -2.18. The molecule has 2 aromatic carbocycles. The molecule has 0 saturated heterocycles. The number of hydrogen-bond acceptors (Lipinski definition) is 4. The van der Waals surface area contributed by atoms with E-state index in [1.807, 2.05) is 48.5 Å². The predicted molar refractivity (Wildman–Crippen MR) is 111 cm³/mol. The van der Waals surface area contributed by atoms with Crippen LogP contribution < -0.4 is 10.1 Å². The van der Waals surface area contributed by atoms with E-state index in [4.69, 9.17) is 9.47 Å². The van der Waals surface area contributed by atoms with E-state index in [2.05, 4.69) is 19.2 Å². The van der Waals surface area contributed by atoms with Crippen molar-refractivity contribution in [2.45, 2.75) is 52.1 Å². The Bertz CT molecular complexity index is 785. The van der Waals surface area contributed by atoms with E-state index in [1.165, 1.54) is 0 Å². The molecular weight excluding hydrogens is 354 g/mol. The number of carbonyl (C=O) groups is 2. The molecule has 150 valence electrons. The molecule has 0 bridgehead atoms. The summed E-state index contributed by atoms with van der Waals surface area (Å²) in [6, 6.07) is 15.2. The lowest BCUT2D eigenvalue weighted by molar-refractivity contribution is -0.153. The number of carbonyl (C=O) groups excluding carboxylic acids is 2. The topological polar surface area (TPSA) is 64.6 Å². The standard InChI is InChI=1S/C23H29NO4/c1-5-16(2)20-8-6-7-9-21(20)24-23(26)17(3)28-22(25)15-12-18-10-13-19(27-4)14-11-18/h6-11,13-14,16-17H,5,12,15H2,1-4H3,(H,24,26)/t16-,17-/m0/s1. The monoisotopic (exact) mass is 383 g/mol. The van der Waals surface area contributed by atoms with E-state index in [1.54, 1.807) is 14.0 Å². The molecule has 2 aromatic rings. The van der Waals surface area contributed by atoms with Crippen molar-refractivity contribution in [3.63, 3.8) is 0 Å². The smallest absolute Gasteiger partial charge is 0.306 e. The number of ether oxygens (including phenoxy) is 2. The van der Waals surface area contributed by atoms with Crippen molar-refractivity contribution in [2.24, 2.45) is 0 Å². The zero-order valence-corrected chi connectivity index (χ0v) is 17.0. The van der Waals surface area contributed by atoms with Gasteiger partial charge in [-0.3, -0.25) is 9.59 Å². The van der Waals surface area contributed by atoms with Gasteiger partial charge in [-0.15, -0.1) is 0 Å². The molecule has 5 nitrogen and oxygen atoms in total. The van der Waals surface area contributed by atoms with Crippen molar-refractivity contribution >= 4 is 17.6 Å². The van der Waals surface area contributed by atoms with Crippen LogP contribution in [0.1, 0.15) is 50.7 Å². The van der Waals surface area contributed by atoms with Gasteiger partial charge in [0.15, 0.2) is 6.10 Å². The molecule has 0 aliphatic carbocycles. The second-order valence-corrected chi connectivity index (χ2v) is 6.87. The maximum absolute atomic E-state index is 12.5. The van der Waals surface area contributed by atoms with Gasteiger partial charge in [0.2, 0.25) is 0 Å². The first-order valence-electron chi connectivity index (χ1n) is 9.66. The van der Waals surface area contributed by atoms with E-state index in [0.717, 1.165) is 29.0 Å². The first-order chi connectivity index (χ1) is 13.4. The minimum atomic E-state index is -0.853. The molecule has 5 heteroatoms. The number of hydrogen-bond donors (Lipinski definition) is 1. The van der Waals surface area contributed by atoms with Gasteiger partial charge in [0, 0.05) is 12.1 Å². The minimum Gasteiger partial charge on any atom is -0.497 e. The highest BCUT2D eigenvalue weighted by Crippen LogP contribution is 2.26. The third-order valence-corrected chi connectivity index (χ3v) is 4.82. The van der Waals surface area contributed by atoms with Crippen molar-refractivity contribution < 1.29 is 19.1 Å². The number of esters is 1. The van der Waals surface area contributed by atoms with Crippen LogP contribution in [0.2, 0.25) is 0 Å². The summed E-state index contributed by atoms with van der Waals surface area (Å²) >= 11 is 0. The summed E-state index contributed by atoms with van der Waals surface area (Å²) in [6.07, 6.45) is 0.887. The molecule has 28 heavy (non-hydrogen) atoms. The average Bonchev–Trinajstić information content (AvgIpc) is 2.72. The van der Waals surface area contributed by atoms with Crippen molar-refractivity contribution in [1.29, 1.82) is 0 Å². The van der Waals surface area contributed by atoms with Gasteiger partial charge in [0.05, 0.1) is 7.11 Å². The van der Waals surface area contributed by atoms with E-state index >= 15 is 0 Å². The highest BCUT2D eigenvalue weighted by Gasteiger charge is 2.19. The number of anilines is 1. The molecule has 0 heterocycles. The quantitative estimate of drug-likeness (QED) is 0.637. The Balaban J connectivity index is 1.87. The summed E-state index contributed by atoms with van der Waals surface area (Å²) < 4.78 is 10.4. The summed E-state index contributed by atoms with van der Waals surface area (Å²) in [6.45, 7) is 5.82. The Hall–Kier alpha value is -2.82. The highest BCUT2D eigenvalue weighted by molar-refractivity contribution is 5.95. The molecule has 1 N–H and O–H groups in total. The van der Waals surface area contributed by atoms with Crippen molar-refractivity contribution in [1.82, 2.24) is 0 Å². The molecule has 0 fully saturated rings. The number of rotatable bonds is 9. The first-order valence-corrected chi connectivity index (χ1v) is 9.66. The Labute approximate surface area is 167 Å². The second kappa shape index (κ2) is 10.5. The molecule has 0 saturated carbocycles. The highest BCUT2D eigenvalue weighted by atomic mass is 16.5. The fourth-order valence-electron chi connectivity index (χ4n) is 2.84. The molecule has 2 rings (SSSR count). The molecule has 0 radical (unpaired) electrons. The average molecular weight is 383 g/mol. The van der Waals surface area contributed by atoms with Crippen LogP contribution in [0.25, 0.3) is 0 Å². The molecule has 2 atom stereocenters. The van der Waals surface area contributed by atoms with Crippen LogP contribution >= 0.6 is 0 Å². The zero-order valence-electron chi connectivity index (χ0n) is 17.0. The summed E-state index contributed by atoms with van der Waals surface area (Å²) in [5.41, 5.74) is 2.86. The molecule has 0 aromatic heterocycles. The first kappa shape index (κ1) is 21.5. The number of nitrogens with one attached hydrogen (secondary N) is 1. The zero-order chi connectivity index (χ0) is 20.5. The lowest BCUT2D eigenvalue weighted by Crippen LogP contribution is -2.30. The number of amides is 1. The van der Waals surface area contributed by atoms with Gasteiger partial charge in [-0.05, 0) is 55.0 Å². The Morgan fingerprint density at radius 1 is 1.04 bits per heavy atom. The number of aryl methyl sites for hydroxylation is 1. The third-order valence-electron chi connectivity index (χ3n) is 4.82. The van der Waals surface area contributed by atoms with Crippen molar-refractivity contribution in [2.75, 3.05) is 12.4 Å². The van der Waals surface area contributed by atoms with Gasteiger partial charge in [-0.1, -0.05) is 44.2 Å². The van der Waals surface area contributed by atoms with Gasteiger partial charge in [0.25, 0.3) is 5.91 Å². The number of benzene rings is 2. The van der Waals surface area contributed by atoms with E-state index in [-0.39, 0.29) is 12.3 Å². The summed E-state index contributed by atoms with van der Waals surface area (Å²) in [7, 11) is 1.61. The van der Waals surface area contributed by atoms with E-state index < -0.39 is 12.1 Å². The lowest BCUT2D eigenvalue weighted by atomic mass is 9.97. The molecule has 0 spiro atoms. The Kier molecular flexibility index (Phi) is 8.05. The van der Waals surface area contributed by atoms with Gasteiger partial charge in [-0.2, -0.15) is 0 Å². The molecule has 0 aliphatic heterocycles. The largest absolute Gasteiger partial charge is 0.497 e. The normalized spacial score (nSPS) is 12.7. The van der Waals surface area contributed by atoms with Crippen LogP contribution in [0.4, 0.5) is 5.69 Å². The van der Waals surface area contributed by atoms with Gasteiger partial charge < -0.3 is 14.8 Å². The van der Waals surface area contributed by atoms with Gasteiger partial charge in [-0.25, -0.2) is 0 Å². The van der Waals surface area contributed by atoms with Crippen LogP contribution in [0.15, 0.2) is 48.5 Å². The number of methoxy groups -OCH3 is 1. The maximum atomic E-state index is 12.5. The molecule has 1 amide bonds. The van der Waals surface area contributed by atoms with Crippen LogP contribution in [-0.2, 0) is 20.7 Å². The molecular formula is C23H29NO4. The number of para-hydroxylation sites is 1. The molecule has 0 aliphatic rings. The Morgan fingerprint density at radius 3 is 2.36 bits per heavy atom. The fraction of sp³-hybridized carbons (Fsp3) is 0.391. The SMILES string of the molecule is CC[C@H](C)c1ccccc1NC(=O)[C@H](C)OC(=O)CCc1ccc(OC)cc1. The maximum Gasteiger partial charge on any atom is 0.306 e. The van der Waals surface area contributed by atoms with Gasteiger partial charge in [0.1, 0.15) is 5.75 Å².